The molecule has 0 aromatic carbocycles. The van der Waals surface area contributed by atoms with Crippen LogP contribution in [0.4, 0.5) is 0 Å². The van der Waals surface area contributed by atoms with Gasteiger partial charge >= 0.3 is 11.9 Å². The second kappa shape index (κ2) is 15.0. The van der Waals surface area contributed by atoms with Crippen LogP contribution in [0.3, 0.4) is 0 Å². The number of hydrogen-bond donors (Lipinski definition) is 10. The smallest absolute Gasteiger partial charge is 0.326 e. The highest BCUT2D eigenvalue weighted by atomic mass is 16.4. The van der Waals surface area contributed by atoms with Crippen molar-refractivity contribution in [3.63, 3.8) is 0 Å². The number of carbonyl (C=O) groups is 6. The first-order valence-electron chi connectivity index (χ1n) is 9.84. The number of nitrogens with zero attached hydrogens (tertiary/aromatic N) is 1. The molecule has 0 saturated heterocycles. The molecule has 0 aromatic heterocycles. The molecule has 192 valence electrons. The number of carboxylic acids is 2. The number of nitrogens with one attached hydrogen (secondary N) is 3. The summed E-state index contributed by atoms with van der Waals surface area (Å²) in [6.45, 7) is -0.832. The first kappa shape index (κ1) is 30.0. The average molecular weight is 490 g/mol. The molecular formula is C17H30N8O9. The predicted molar refractivity (Wildman–Crippen MR) is 114 cm³/mol. The molecule has 0 aliphatic heterocycles. The standard InChI is InChI=1S/C17H30N8O9/c18-7(2-1-3-22-17(20)21)13(30)23-8(5-12(28)29)14(31)25-10(6-26)15(32)24-9(16(33)34)4-11(19)27/h7-10,26H,1-6,18H2,(H2,19,27)(H,23,30)(H,24,32)(H,25,31)(H,28,29)(H,33,34)(H4,20,21,22). The second-order valence-corrected chi connectivity index (χ2v) is 7.03. The second-order valence-electron chi connectivity index (χ2n) is 7.03. The third-order valence-corrected chi connectivity index (χ3v) is 4.15. The molecule has 17 nitrogen and oxygen atoms in total. The minimum Gasteiger partial charge on any atom is -0.481 e. The van der Waals surface area contributed by atoms with Crippen LogP contribution in [0.2, 0.25) is 0 Å². The molecule has 0 aromatic rings. The summed E-state index contributed by atoms with van der Waals surface area (Å²) in [7, 11) is 0. The van der Waals surface area contributed by atoms with E-state index in [-0.39, 0.29) is 18.9 Å². The topological polar surface area (TPSA) is 316 Å². The van der Waals surface area contributed by atoms with E-state index in [0.717, 1.165) is 0 Å². The fraction of sp³-hybridized carbons (Fsp3) is 0.588. The molecule has 17 heteroatoms. The summed E-state index contributed by atoms with van der Waals surface area (Å²) >= 11 is 0. The number of aliphatic carboxylic acids is 2. The van der Waals surface area contributed by atoms with E-state index >= 15 is 0 Å². The van der Waals surface area contributed by atoms with E-state index in [1.165, 1.54) is 0 Å². The lowest BCUT2D eigenvalue weighted by atomic mass is 10.1. The van der Waals surface area contributed by atoms with Crippen molar-refractivity contribution in [2.45, 2.75) is 49.9 Å². The van der Waals surface area contributed by atoms with Crippen molar-refractivity contribution in [3.8, 4) is 0 Å². The van der Waals surface area contributed by atoms with Gasteiger partial charge in [0, 0.05) is 6.54 Å². The fourth-order valence-electron chi connectivity index (χ4n) is 2.45. The maximum absolute atomic E-state index is 12.5. The normalized spacial score (nSPS) is 13.9. The Morgan fingerprint density at radius 3 is 1.79 bits per heavy atom. The lowest BCUT2D eigenvalue weighted by molar-refractivity contribution is -0.144. The molecule has 0 bridgehead atoms. The van der Waals surface area contributed by atoms with Gasteiger partial charge in [0.1, 0.15) is 18.1 Å². The highest BCUT2D eigenvalue weighted by Crippen LogP contribution is 2.01. The third kappa shape index (κ3) is 12.2. The molecule has 4 atom stereocenters. The van der Waals surface area contributed by atoms with Gasteiger partial charge in [0.2, 0.25) is 23.6 Å². The van der Waals surface area contributed by atoms with Crippen LogP contribution in [0.1, 0.15) is 25.7 Å². The van der Waals surface area contributed by atoms with Crippen molar-refractivity contribution in [1.82, 2.24) is 16.0 Å². The highest BCUT2D eigenvalue weighted by Gasteiger charge is 2.31. The van der Waals surface area contributed by atoms with Crippen molar-refractivity contribution < 1.29 is 44.1 Å². The number of carbonyl (C=O) groups excluding carboxylic acids is 4. The molecule has 0 rings (SSSR count). The zero-order valence-corrected chi connectivity index (χ0v) is 18.1. The average Bonchev–Trinajstić information content (AvgIpc) is 2.72. The number of primary amides is 1. The quantitative estimate of drug-likeness (QED) is 0.0549. The first-order chi connectivity index (χ1) is 15.8. The third-order valence-electron chi connectivity index (χ3n) is 4.15. The van der Waals surface area contributed by atoms with Crippen LogP contribution < -0.4 is 38.9 Å². The maximum Gasteiger partial charge on any atom is 0.326 e. The van der Waals surface area contributed by atoms with Crippen LogP contribution in [0.25, 0.3) is 0 Å². The van der Waals surface area contributed by atoms with Crippen LogP contribution in [-0.4, -0.2) is 94.2 Å². The number of aliphatic hydroxyl groups is 1. The van der Waals surface area contributed by atoms with Crippen molar-refractivity contribution in [2.75, 3.05) is 13.2 Å². The van der Waals surface area contributed by atoms with Crippen LogP contribution in [0.15, 0.2) is 4.99 Å². The van der Waals surface area contributed by atoms with E-state index in [1.54, 1.807) is 0 Å². The van der Waals surface area contributed by atoms with E-state index in [9.17, 15) is 33.9 Å². The Morgan fingerprint density at radius 1 is 0.794 bits per heavy atom. The van der Waals surface area contributed by atoms with E-state index in [1.807, 2.05) is 10.6 Å². The van der Waals surface area contributed by atoms with Gasteiger partial charge in [-0.2, -0.15) is 0 Å². The molecule has 0 aliphatic rings. The number of carboxylic acid groups (broad SMARTS) is 2. The van der Waals surface area contributed by atoms with Crippen molar-refractivity contribution >= 4 is 41.5 Å². The molecule has 0 heterocycles. The van der Waals surface area contributed by atoms with Crippen LogP contribution in [0, 0.1) is 0 Å². The molecule has 4 unspecified atom stereocenters. The Hall–Kier alpha value is -3.99. The van der Waals surface area contributed by atoms with E-state index in [2.05, 4.69) is 10.3 Å². The summed E-state index contributed by atoms with van der Waals surface area (Å²) in [6.07, 6.45) is -1.24. The van der Waals surface area contributed by atoms with E-state index < -0.39 is 79.2 Å². The molecule has 14 N–H and O–H groups in total. The van der Waals surface area contributed by atoms with Crippen molar-refractivity contribution in [1.29, 1.82) is 0 Å². The summed E-state index contributed by atoms with van der Waals surface area (Å²) in [6, 6.07) is -6.29. The molecule has 0 spiro atoms. The van der Waals surface area contributed by atoms with Gasteiger partial charge in [0.15, 0.2) is 5.96 Å². The van der Waals surface area contributed by atoms with E-state index in [4.69, 9.17) is 33.1 Å². The largest absolute Gasteiger partial charge is 0.481 e. The number of hydrogen-bond acceptors (Lipinski definition) is 9. The van der Waals surface area contributed by atoms with Crippen molar-refractivity contribution in [3.05, 3.63) is 0 Å². The summed E-state index contributed by atoms with van der Waals surface area (Å²) in [5.41, 5.74) is 21.0. The van der Waals surface area contributed by atoms with Gasteiger partial charge in [-0.3, -0.25) is 29.0 Å². The molecule has 0 fully saturated rings. The van der Waals surface area contributed by atoms with E-state index in [0.29, 0.717) is 6.42 Å². The lowest BCUT2D eigenvalue weighted by Gasteiger charge is -2.23. The number of amides is 4. The first-order valence-corrected chi connectivity index (χ1v) is 9.84. The van der Waals surface area contributed by atoms with Crippen molar-refractivity contribution in [2.24, 2.45) is 27.9 Å². The summed E-state index contributed by atoms with van der Waals surface area (Å²) < 4.78 is 0. The SMILES string of the molecule is NC(=O)CC(NC(=O)C(CO)NC(=O)C(CC(=O)O)NC(=O)C(N)CCCN=C(N)N)C(=O)O. The lowest BCUT2D eigenvalue weighted by Crippen LogP contribution is -2.58. The van der Waals surface area contributed by atoms with Gasteiger partial charge < -0.3 is 54.2 Å². The monoisotopic (exact) mass is 490 g/mol. The zero-order chi connectivity index (χ0) is 26.4. The van der Waals surface area contributed by atoms with Gasteiger partial charge in [0.25, 0.3) is 0 Å². The number of nitrogens with two attached hydrogens (primary N) is 4. The number of aliphatic hydroxyl groups excluding tert-OH is 1. The molecule has 0 radical (unpaired) electrons. The Morgan fingerprint density at radius 2 is 1.32 bits per heavy atom. The van der Waals surface area contributed by atoms with Gasteiger partial charge in [0.05, 0.1) is 25.5 Å². The summed E-state index contributed by atoms with van der Waals surface area (Å²) in [5, 5.41) is 33.5. The van der Waals surface area contributed by atoms with Crippen LogP contribution in [0.5, 0.6) is 0 Å². The Bertz CT molecular complexity index is 800. The van der Waals surface area contributed by atoms with Crippen LogP contribution >= 0.6 is 0 Å². The predicted octanol–water partition coefficient (Wildman–Crippen LogP) is -5.75. The Balaban J connectivity index is 5.19. The molecule has 0 saturated carbocycles. The minimum absolute atomic E-state index is 0.0993. The molecule has 4 amide bonds. The Kier molecular flexibility index (Phi) is 13.2. The number of guanidine groups is 1. The van der Waals surface area contributed by atoms with Gasteiger partial charge in [-0.25, -0.2) is 4.79 Å². The van der Waals surface area contributed by atoms with Gasteiger partial charge in [-0.1, -0.05) is 0 Å². The highest BCUT2D eigenvalue weighted by molar-refractivity contribution is 5.96. The molecular weight excluding hydrogens is 460 g/mol. The number of rotatable bonds is 16. The van der Waals surface area contributed by atoms with Gasteiger partial charge in [-0.05, 0) is 12.8 Å². The summed E-state index contributed by atoms with van der Waals surface area (Å²) in [5.74, 6) is -7.48. The Labute approximate surface area is 193 Å². The van der Waals surface area contributed by atoms with Gasteiger partial charge in [-0.15, -0.1) is 0 Å². The maximum atomic E-state index is 12.5. The molecule has 34 heavy (non-hydrogen) atoms. The zero-order valence-electron chi connectivity index (χ0n) is 18.1. The minimum atomic E-state index is -1.73. The van der Waals surface area contributed by atoms with Crippen LogP contribution in [-0.2, 0) is 28.8 Å². The fourth-order valence-corrected chi connectivity index (χ4v) is 2.45. The number of aliphatic imine (C=N–C) groups is 1. The summed E-state index contributed by atoms with van der Waals surface area (Å²) in [4.78, 5) is 73.8. The molecule has 0 aliphatic carbocycles.